The molecule has 0 bridgehead atoms. The zero-order chi connectivity index (χ0) is 17.3. The van der Waals surface area contributed by atoms with Crippen LogP contribution in [0.1, 0.15) is 11.1 Å². The van der Waals surface area contributed by atoms with Gasteiger partial charge in [-0.15, -0.1) is 24.8 Å². The van der Waals surface area contributed by atoms with Crippen LogP contribution in [0, 0.1) is 0 Å². The summed E-state index contributed by atoms with van der Waals surface area (Å²) < 4.78 is 79.8. The maximum absolute atomic E-state index is 12.8. The maximum atomic E-state index is 12.8. The molecule has 0 unspecified atom stereocenters. The Morgan fingerprint density at radius 3 is 2.09 bits per heavy atom. The molecule has 0 radical (unpaired) electrons. The van der Waals surface area contributed by atoms with Crippen LogP contribution in [0.3, 0.4) is 0 Å². The highest BCUT2D eigenvalue weighted by atomic mass is 35.5. The molecule has 0 heterocycles. The van der Waals surface area contributed by atoms with Gasteiger partial charge in [0.2, 0.25) is 0 Å². The van der Waals surface area contributed by atoms with Gasteiger partial charge in [-0.2, -0.15) is 13.2 Å². The molecule has 0 amide bonds. The Balaban J connectivity index is 2.61. The number of alkyl halides is 7. The minimum absolute atomic E-state index is 0.0605. The summed E-state index contributed by atoms with van der Waals surface area (Å²) in [6, 6.07) is 7.68. The highest BCUT2D eigenvalue weighted by Crippen LogP contribution is 2.39. The van der Waals surface area contributed by atoms with Crippen LogP contribution < -0.4 is 4.74 Å². The third-order valence-electron chi connectivity index (χ3n) is 2.98. The summed E-state index contributed by atoms with van der Waals surface area (Å²) in [4.78, 5) is 0. The minimum atomic E-state index is -4.96. The molecular formula is C15H9ClF6O. The first kappa shape index (κ1) is 17.5. The third kappa shape index (κ3) is 4.31. The molecule has 0 aliphatic rings. The van der Waals surface area contributed by atoms with E-state index in [9.17, 15) is 26.3 Å². The minimum Gasteiger partial charge on any atom is -0.405 e. The van der Waals surface area contributed by atoms with Gasteiger partial charge >= 0.3 is 12.5 Å². The molecule has 0 atom stereocenters. The smallest absolute Gasteiger partial charge is 0.405 e. The molecule has 23 heavy (non-hydrogen) atoms. The van der Waals surface area contributed by atoms with Gasteiger partial charge in [-0.05, 0) is 29.3 Å². The van der Waals surface area contributed by atoms with Crippen molar-refractivity contribution in [3.8, 4) is 16.9 Å². The van der Waals surface area contributed by atoms with Crippen molar-refractivity contribution in [2.75, 3.05) is 0 Å². The molecule has 124 valence electrons. The predicted octanol–water partition coefficient (Wildman–Crippen LogP) is 6.01. The van der Waals surface area contributed by atoms with E-state index in [1.807, 2.05) is 0 Å². The number of para-hydroxylation sites is 1. The van der Waals surface area contributed by atoms with E-state index in [0.29, 0.717) is 0 Å². The molecule has 2 rings (SSSR count). The van der Waals surface area contributed by atoms with Crippen LogP contribution in [0.25, 0.3) is 11.1 Å². The fourth-order valence-electron chi connectivity index (χ4n) is 2.02. The Hall–Kier alpha value is -1.89. The number of hydrogen-bond donors (Lipinski definition) is 0. The van der Waals surface area contributed by atoms with E-state index in [4.69, 9.17) is 11.6 Å². The lowest BCUT2D eigenvalue weighted by Crippen LogP contribution is -2.17. The van der Waals surface area contributed by atoms with Gasteiger partial charge in [-0.1, -0.05) is 24.3 Å². The Morgan fingerprint density at radius 2 is 1.52 bits per heavy atom. The largest absolute Gasteiger partial charge is 0.573 e. The fourth-order valence-corrected chi connectivity index (χ4v) is 2.26. The lowest BCUT2D eigenvalue weighted by atomic mass is 9.97. The van der Waals surface area contributed by atoms with Gasteiger partial charge in [-0.3, -0.25) is 0 Å². The Morgan fingerprint density at radius 1 is 0.870 bits per heavy atom. The normalized spacial score (nSPS) is 12.3. The highest BCUT2D eigenvalue weighted by molar-refractivity contribution is 6.17. The lowest BCUT2D eigenvalue weighted by Gasteiger charge is -2.16. The molecule has 0 spiro atoms. The number of hydrogen-bond acceptors (Lipinski definition) is 1. The summed E-state index contributed by atoms with van der Waals surface area (Å²) in [6.45, 7) is 0. The van der Waals surface area contributed by atoms with Gasteiger partial charge < -0.3 is 4.74 Å². The van der Waals surface area contributed by atoms with Gasteiger partial charge in [0.05, 0.1) is 5.56 Å². The van der Waals surface area contributed by atoms with E-state index in [2.05, 4.69) is 4.74 Å². The summed E-state index contributed by atoms with van der Waals surface area (Å²) in [5.41, 5.74) is -0.901. The first-order chi connectivity index (χ1) is 10.6. The van der Waals surface area contributed by atoms with E-state index >= 15 is 0 Å². The molecule has 0 saturated carbocycles. The highest BCUT2D eigenvalue weighted by Gasteiger charge is 2.34. The number of rotatable bonds is 3. The Kier molecular flexibility index (Phi) is 4.79. The topological polar surface area (TPSA) is 9.23 Å². The van der Waals surface area contributed by atoms with Crippen LogP contribution in [0.4, 0.5) is 26.3 Å². The van der Waals surface area contributed by atoms with Crippen molar-refractivity contribution in [3.63, 3.8) is 0 Å². The van der Waals surface area contributed by atoms with Gasteiger partial charge in [-0.25, -0.2) is 0 Å². The summed E-state index contributed by atoms with van der Waals surface area (Å²) in [5, 5.41) is 0. The van der Waals surface area contributed by atoms with Crippen molar-refractivity contribution in [2.24, 2.45) is 0 Å². The van der Waals surface area contributed by atoms with E-state index in [0.717, 1.165) is 24.3 Å². The average molecular weight is 355 g/mol. The molecule has 8 heteroatoms. The molecule has 0 fully saturated rings. The standard InChI is InChI=1S/C15H9ClF6O/c16-8-9-5-6-10(14(17,18)19)7-12(9)11-3-1-2-4-13(11)23-15(20,21)22/h1-7H,8H2. The summed E-state index contributed by atoms with van der Waals surface area (Å²) in [5.74, 6) is -0.751. The molecule has 0 saturated heterocycles. The maximum Gasteiger partial charge on any atom is 0.573 e. The molecule has 0 aliphatic carbocycles. The first-order valence-corrected chi connectivity index (χ1v) is 6.76. The molecule has 1 nitrogen and oxygen atoms in total. The molecule has 2 aromatic carbocycles. The average Bonchev–Trinajstić information content (AvgIpc) is 2.44. The van der Waals surface area contributed by atoms with Crippen molar-refractivity contribution in [1.29, 1.82) is 0 Å². The van der Waals surface area contributed by atoms with Crippen molar-refractivity contribution < 1.29 is 31.1 Å². The van der Waals surface area contributed by atoms with E-state index in [-0.39, 0.29) is 22.6 Å². The molecule has 0 aromatic heterocycles. The van der Waals surface area contributed by atoms with Gasteiger partial charge in [0.15, 0.2) is 0 Å². The molecular weight excluding hydrogens is 346 g/mol. The van der Waals surface area contributed by atoms with E-state index in [1.165, 1.54) is 18.2 Å². The monoisotopic (exact) mass is 354 g/mol. The van der Waals surface area contributed by atoms with Crippen molar-refractivity contribution >= 4 is 11.6 Å². The first-order valence-electron chi connectivity index (χ1n) is 6.23. The van der Waals surface area contributed by atoms with Gasteiger partial charge in [0.25, 0.3) is 0 Å². The van der Waals surface area contributed by atoms with Gasteiger partial charge in [0, 0.05) is 11.4 Å². The predicted molar refractivity (Wildman–Crippen MR) is 73.1 cm³/mol. The van der Waals surface area contributed by atoms with Gasteiger partial charge in [0.1, 0.15) is 5.75 Å². The zero-order valence-corrected chi connectivity index (χ0v) is 12.1. The van der Waals surface area contributed by atoms with Crippen molar-refractivity contribution in [1.82, 2.24) is 0 Å². The van der Waals surface area contributed by atoms with Crippen molar-refractivity contribution in [2.45, 2.75) is 18.4 Å². The van der Waals surface area contributed by atoms with Crippen LogP contribution in [0.15, 0.2) is 42.5 Å². The van der Waals surface area contributed by atoms with Crippen LogP contribution in [-0.2, 0) is 12.1 Å². The van der Waals surface area contributed by atoms with E-state index in [1.54, 1.807) is 0 Å². The quantitative estimate of drug-likeness (QED) is 0.484. The van der Waals surface area contributed by atoms with E-state index < -0.39 is 23.9 Å². The van der Waals surface area contributed by atoms with Crippen LogP contribution in [-0.4, -0.2) is 6.36 Å². The number of halogens is 7. The Labute approximate surface area is 132 Å². The number of ether oxygens (including phenoxy) is 1. The summed E-state index contributed by atoms with van der Waals surface area (Å²) in [7, 11) is 0. The van der Waals surface area contributed by atoms with Crippen molar-refractivity contribution in [3.05, 3.63) is 53.6 Å². The SMILES string of the molecule is FC(F)(F)Oc1ccccc1-c1cc(C(F)(F)F)ccc1CCl. The molecule has 0 N–H and O–H groups in total. The second-order valence-corrected chi connectivity index (χ2v) is 4.81. The third-order valence-corrected chi connectivity index (χ3v) is 3.27. The van der Waals surface area contributed by atoms with Crippen LogP contribution in [0.2, 0.25) is 0 Å². The zero-order valence-electron chi connectivity index (χ0n) is 11.3. The summed E-state index contributed by atoms with van der Waals surface area (Å²) in [6.07, 6.45) is -9.59. The second kappa shape index (κ2) is 6.31. The van der Waals surface area contributed by atoms with Crippen LogP contribution in [0.5, 0.6) is 5.75 Å². The van der Waals surface area contributed by atoms with Crippen LogP contribution >= 0.6 is 11.6 Å². The molecule has 2 aromatic rings. The summed E-state index contributed by atoms with van der Waals surface area (Å²) >= 11 is 5.69. The lowest BCUT2D eigenvalue weighted by molar-refractivity contribution is -0.274. The fraction of sp³-hybridized carbons (Fsp3) is 0.200. The molecule has 0 aliphatic heterocycles. The number of benzene rings is 2. The second-order valence-electron chi connectivity index (χ2n) is 4.55. The Bertz CT molecular complexity index is 693.